The van der Waals surface area contributed by atoms with Gasteiger partial charge in [0.2, 0.25) is 0 Å². The molecule has 2 N–H and O–H groups in total. The number of Topliss-reactive ketones (excluding diaryl/α,β-unsaturated/α-hetero) is 1. The highest BCUT2D eigenvalue weighted by Crippen LogP contribution is 2.61. The van der Waals surface area contributed by atoms with Crippen LogP contribution in [0.1, 0.15) is 92.4 Å². The van der Waals surface area contributed by atoms with Crippen LogP contribution in [0.25, 0.3) is 0 Å². The molecule has 0 radical (unpaired) electrons. The average Bonchev–Trinajstić information content (AvgIpc) is 2.98. The largest absolute Gasteiger partial charge is 0.463 e. The van der Waals surface area contributed by atoms with Crippen molar-refractivity contribution in [2.45, 2.75) is 109 Å². The highest BCUT2D eigenvalue weighted by atomic mass is 16.6. The number of hydrogen-bond acceptors (Lipinski definition) is 7. The van der Waals surface area contributed by atoms with Crippen LogP contribution in [-0.2, 0) is 23.9 Å². The molecule has 0 aromatic carbocycles. The molecule has 0 saturated heterocycles. The van der Waals surface area contributed by atoms with Crippen molar-refractivity contribution in [1.29, 1.82) is 0 Å². The molecule has 6 aliphatic carbocycles. The molecule has 7 nitrogen and oxygen atoms in total. The first-order valence-corrected chi connectivity index (χ1v) is 14.8. The van der Waals surface area contributed by atoms with Crippen LogP contribution in [0.5, 0.6) is 0 Å². The number of carbonyl (C=O) groups excluding carboxylic acids is 3. The van der Waals surface area contributed by atoms with E-state index in [9.17, 15) is 24.6 Å². The van der Waals surface area contributed by atoms with Gasteiger partial charge in [0, 0.05) is 18.3 Å². The fourth-order valence-corrected chi connectivity index (χ4v) is 9.92. The van der Waals surface area contributed by atoms with Crippen LogP contribution in [0.3, 0.4) is 0 Å². The van der Waals surface area contributed by atoms with Gasteiger partial charge in [-0.2, -0.15) is 0 Å². The van der Waals surface area contributed by atoms with Gasteiger partial charge in [-0.05, 0) is 106 Å². The van der Waals surface area contributed by atoms with Crippen LogP contribution >= 0.6 is 0 Å². The van der Waals surface area contributed by atoms with E-state index in [4.69, 9.17) is 9.47 Å². The quantitative estimate of drug-likeness (QED) is 0.247. The predicted molar refractivity (Wildman–Crippen MR) is 145 cm³/mol. The highest BCUT2D eigenvalue weighted by molar-refractivity contribution is 6.04. The van der Waals surface area contributed by atoms with E-state index in [1.165, 1.54) is 19.3 Å². The molecule has 0 aromatic heterocycles. The monoisotopic (exact) mass is 542 g/mol. The Bertz CT molecular complexity index is 1050. The van der Waals surface area contributed by atoms with Gasteiger partial charge in [-0.1, -0.05) is 26.0 Å². The van der Waals surface area contributed by atoms with Crippen LogP contribution in [0.2, 0.25) is 0 Å². The smallest absolute Gasteiger partial charge is 0.306 e. The van der Waals surface area contributed by atoms with E-state index < -0.39 is 40.3 Å². The third-order valence-electron chi connectivity index (χ3n) is 10.9. The summed E-state index contributed by atoms with van der Waals surface area (Å²) in [6, 6.07) is 0. The Balaban J connectivity index is 1.33. The van der Waals surface area contributed by atoms with Crippen molar-refractivity contribution in [3.05, 3.63) is 23.3 Å². The second-order valence-electron chi connectivity index (χ2n) is 14.6. The molecule has 0 heterocycles. The zero-order chi connectivity index (χ0) is 28.4. The zero-order valence-corrected chi connectivity index (χ0v) is 24.2. The standard InChI is InChI=1S/C32H46O7/c1-19-6-26-31(36,28(19)35)15-25(17-38-18-33)7-20(2)32(26,37)21(3)11-29(4,5)39-27(34)16-30-12-22-8-23(13-30)10-24(9-22)14-30/h6-7,18,20-24,26,36-37H,8-17H2,1-5H3/t20?,21-,22?,23?,24?,26-,30?,31-,32+/m1/s1. The van der Waals surface area contributed by atoms with Crippen LogP contribution < -0.4 is 0 Å². The lowest BCUT2D eigenvalue weighted by Crippen LogP contribution is -2.58. The Morgan fingerprint density at radius 3 is 2.28 bits per heavy atom. The number of aliphatic hydroxyl groups is 2. The van der Waals surface area contributed by atoms with Crippen LogP contribution in [0.4, 0.5) is 0 Å². The number of rotatable bonds is 9. The predicted octanol–water partition coefficient (Wildman–Crippen LogP) is 4.69. The van der Waals surface area contributed by atoms with Gasteiger partial charge in [-0.25, -0.2) is 0 Å². The highest BCUT2D eigenvalue weighted by Gasteiger charge is 2.61. The molecular weight excluding hydrogens is 496 g/mol. The van der Waals surface area contributed by atoms with E-state index in [0.29, 0.717) is 30.5 Å². The second kappa shape index (κ2) is 9.83. The Hall–Kier alpha value is -1.99. The first kappa shape index (κ1) is 28.5. The van der Waals surface area contributed by atoms with Crippen molar-refractivity contribution >= 4 is 18.2 Å². The van der Waals surface area contributed by atoms with Crippen molar-refractivity contribution in [1.82, 2.24) is 0 Å². The van der Waals surface area contributed by atoms with Crippen LogP contribution in [0, 0.1) is 40.9 Å². The second-order valence-corrected chi connectivity index (χ2v) is 14.6. The summed E-state index contributed by atoms with van der Waals surface area (Å²) in [7, 11) is 0. The SMILES string of the molecule is CC1=C[C@H]2[C@@](O)([C@H](C)CC(C)(C)OC(=O)CC34CC5CC(CC(C5)C3)C4)C(C)C=C(COC=O)C[C@]2(O)C1=O. The van der Waals surface area contributed by atoms with Crippen LogP contribution in [-0.4, -0.2) is 51.8 Å². The summed E-state index contributed by atoms with van der Waals surface area (Å²) in [5.74, 6) is 0.00383. The average molecular weight is 543 g/mol. The minimum absolute atomic E-state index is 0.0129. The molecule has 0 spiro atoms. The number of esters is 1. The molecule has 39 heavy (non-hydrogen) atoms. The van der Waals surface area contributed by atoms with Gasteiger partial charge in [0.25, 0.3) is 6.47 Å². The molecule has 4 saturated carbocycles. The molecule has 5 atom stereocenters. The lowest BCUT2D eigenvalue weighted by molar-refractivity contribution is -0.176. The first-order valence-electron chi connectivity index (χ1n) is 14.8. The first-order chi connectivity index (χ1) is 18.2. The summed E-state index contributed by atoms with van der Waals surface area (Å²) < 4.78 is 11.1. The van der Waals surface area contributed by atoms with E-state index in [1.54, 1.807) is 13.0 Å². The Morgan fingerprint density at radius 2 is 1.72 bits per heavy atom. The molecule has 4 fully saturated rings. The molecule has 0 aromatic rings. The molecule has 7 heteroatoms. The maximum Gasteiger partial charge on any atom is 0.306 e. The van der Waals surface area contributed by atoms with Gasteiger partial charge in [0.05, 0.1) is 12.0 Å². The lowest BCUT2D eigenvalue weighted by Gasteiger charge is -2.56. The lowest BCUT2D eigenvalue weighted by atomic mass is 9.49. The Kier molecular flexibility index (Phi) is 7.19. The maximum atomic E-state index is 13.3. The van der Waals surface area contributed by atoms with Crippen molar-refractivity contribution in [3.63, 3.8) is 0 Å². The number of hydrogen-bond donors (Lipinski definition) is 2. The number of ether oxygens (including phenoxy) is 2. The van der Waals surface area contributed by atoms with Gasteiger partial charge in [-0.3, -0.25) is 14.4 Å². The zero-order valence-electron chi connectivity index (χ0n) is 24.2. The van der Waals surface area contributed by atoms with E-state index >= 15 is 0 Å². The third kappa shape index (κ3) is 5.03. The third-order valence-corrected chi connectivity index (χ3v) is 10.9. The molecule has 0 aliphatic heterocycles. The van der Waals surface area contributed by atoms with Gasteiger partial charge >= 0.3 is 5.97 Å². The topological polar surface area (TPSA) is 110 Å². The Labute approximate surface area is 232 Å². The molecule has 6 rings (SSSR count). The Morgan fingerprint density at radius 1 is 1.13 bits per heavy atom. The summed E-state index contributed by atoms with van der Waals surface area (Å²) in [4.78, 5) is 37.3. The summed E-state index contributed by atoms with van der Waals surface area (Å²) in [5.41, 5.74) is -3.05. The van der Waals surface area contributed by atoms with Crippen molar-refractivity contribution in [2.24, 2.45) is 40.9 Å². The van der Waals surface area contributed by atoms with Gasteiger partial charge < -0.3 is 19.7 Å². The van der Waals surface area contributed by atoms with Gasteiger partial charge in [0.1, 0.15) is 17.8 Å². The summed E-state index contributed by atoms with van der Waals surface area (Å²) in [6.45, 7) is 9.49. The minimum atomic E-state index is -1.82. The van der Waals surface area contributed by atoms with Gasteiger partial charge in [0.15, 0.2) is 5.78 Å². The molecule has 216 valence electrons. The van der Waals surface area contributed by atoms with E-state index in [0.717, 1.165) is 37.0 Å². The van der Waals surface area contributed by atoms with E-state index in [-0.39, 0.29) is 24.4 Å². The van der Waals surface area contributed by atoms with Gasteiger partial charge in [-0.15, -0.1) is 0 Å². The van der Waals surface area contributed by atoms with E-state index in [2.05, 4.69) is 0 Å². The van der Waals surface area contributed by atoms with Crippen molar-refractivity contribution in [3.8, 4) is 0 Å². The van der Waals surface area contributed by atoms with E-state index in [1.807, 2.05) is 33.8 Å². The van der Waals surface area contributed by atoms with Crippen molar-refractivity contribution in [2.75, 3.05) is 6.61 Å². The molecule has 6 aliphatic rings. The molecule has 4 bridgehead atoms. The number of fused-ring (bicyclic) bond motifs is 1. The molecule has 0 amide bonds. The normalized spacial score (nSPS) is 41.8. The maximum absolute atomic E-state index is 13.3. The van der Waals surface area contributed by atoms with Crippen molar-refractivity contribution < 1.29 is 34.1 Å². The fraction of sp³-hybridized carbons (Fsp3) is 0.781. The van der Waals surface area contributed by atoms with Crippen LogP contribution in [0.15, 0.2) is 23.3 Å². The molecular formula is C32H46O7. The summed E-state index contributed by atoms with van der Waals surface area (Å²) in [5, 5.41) is 24.1. The molecule has 1 unspecified atom stereocenters. The number of ketones is 1. The minimum Gasteiger partial charge on any atom is -0.463 e. The number of carbonyl (C=O) groups is 3. The summed E-state index contributed by atoms with van der Waals surface area (Å²) in [6.07, 6.45) is 11.7. The fourth-order valence-electron chi connectivity index (χ4n) is 9.92. The summed E-state index contributed by atoms with van der Waals surface area (Å²) >= 11 is 0.